The number of hydrogen-bond donors (Lipinski definition) is 1. The third-order valence-corrected chi connectivity index (χ3v) is 7.02. The largest absolute Gasteiger partial charge is 0.329 e. The van der Waals surface area contributed by atoms with Gasteiger partial charge in [0, 0.05) is 52.1 Å². The number of nitrogens with one attached hydrogen (secondary N) is 1. The van der Waals surface area contributed by atoms with Gasteiger partial charge in [-0.15, -0.1) is 0 Å². The van der Waals surface area contributed by atoms with E-state index in [1.165, 1.54) is 0 Å². The first-order chi connectivity index (χ1) is 18.5. The van der Waals surface area contributed by atoms with Crippen molar-refractivity contribution in [2.75, 3.05) is 5.32 Å². The molecule has 0 saturated heterocycles. The molecule has 4 rings (SSSR count). The minimum absolute atomic E-state index is 0.122. The van der Waals surface area contributed by atoms with Crippen LogP contribution in [0.25, 0.3) is 28.3 Å². The van der Waals surface area contributed by atoms with Gasteiger partial charge in [-0.1, -0.05) is 86.6 Å². The Hall–Kier alpha value is -3.96. The molecule has 0 spiro atoms. The molecular weight excluding hydrogens is 492 g/mol. The van der Waals surface area contributed by atoms with Crippen LogP contribution in [0.4, 0.5) is 5.82 Å². The summed E-state index contributed by atoms with van der Waals surface area (Å²) in [4.78, 5) is 22.9. The van der Waals surface area contributed by atoms with E-state index in [4.69, 9.17) is 16.6 Å². The summed E-state index contributed by atoms with van der Waals surface area (Å²) in [5.41, 5.74) is 4.94. The van der Waals surface area contributed by atoms with Gasteiger partial charge in [0.1, 0.15) is 11.7 Å². The molecular formula is C32H33ClN4O. The Morgan fingerprint density at radius 1 is 1.08 bits per heavy atom. The fourth-order valence-corrected chi connectivity index (χ4v) is 4.60. The predicted octanol–water partition coefficient (Wildman–Crippen LogP) is 7.95. The van der Waals surface area contributed by atoms with Gasteiger partial charge in [0.15, 0.2) is 0 Å². The quantitative estimate of drug-likeness (QED) is 0.178. The van der Waals surface area contributed by atoms with Crippen molar-refractivity contribution in [3.8, 4) is 22.3 Å². The molecule has 0 aliphatic rings. The topological polar surface area (TPSA) is 59.3 Å². The number of pyridine rings is 2. The molecule has 38 heavy (non-hydrogen) atoms. The molecule has 6 heteroatoms. The zero-order valence-electron chi connectivity index (χ0n) is 22.1. The van der Waals surface area contributed by atoms with Crippen LogP contribution in [-0.2, 0) is 13.1 Å². The number of nitrogens with zero attached hydrogens (tertiary/aromatic N) is 3. The Bertz CT molecular complexity index is 1490. The van der Waals surface area contributed by atoms with Crippen molar-refractivity contribution in [3.05, 3.63) is 112 Å². The Kier molecular flexibility index (Phi) is 8.93. The van der Waals surface area contributed by atoms with E-state index in [-0.39, 0.29) is 11.5 Å². The average Bonchev–Trinajstić information content (AvgIpc) is 2.96. The third-order valence-electron chi connectivity index (χ3n) is 6.71. The first-order valence-electron chi connectivity index (χ1n) is 12.9. The highest BCUT2D eigenvalue weighted by atomic mass is 35.5. The molecule has 4 aromatic rings. The zero-order valence-corrected chi connectivity index (χ0v) is 22.9. The monoisotopic (exact) mass is 524 g/mol. The Balaban J connectivity index is 1.76. The summed E-state index contributed by atoms with van der Waals surface area (Å²) < 4.78 is 1.73. The van der Waals surface area contributed by atoms with Crippen molar-refractivity contribution in [2.45, 2.75) is 40.3 Å². The van der Waals surface area contributed by atoms with E-state index in [1.54, 1.807) is 23.0 Å². The highest BCUT2D eigenvalue weighted by molar-refractivity contribution is 6.33. The van der Waals surface area contributed by atoms with Gasteiger partial charge in [0.25, 0.3) is 5.56 Å². The van der Waals surface area contributed by atoms with Gasteiger partial charge >= 0.3 is 0 Å². The number of anilines is 1. The second-order valence-electron chi connectivity index (χ2n) is 9.17. The maximum Gasteiger partial charge on any atom is 0.260 e. The molecule has 0 aliphatic heterocycles. The first kappa shape index (κ1) is 27.1. The smallest absolute Gasteiger partial charge is 0.260 e. The van der Waals surface area contributed by atoms with Crippen LogP contribution in [0.5, 0.6) is 0 Å². The second-order valence-corrected chi connectivity index (χ2v) is 9.58. The number of amidine groups is 1. The van der Waals surface area contributed by atoms with Gasteiger partial charge in [-0.05, 0) is 42.7 Å². The molecule has 1 atom stereocenters. The fraction of sp³-hybridized carbons (Fsp3) is 0.219. The molecule has 2 aromatic carbocycles. The van der Waals surface area contributed by atoms with E-state index in [9.17, 15) is 4.79 Å². The normalized spacial score (nSPS) is 12.3. The highest BCUT2D eigenvalue weighted by Crippen LogP contribution is 2.32. The molecule has 2 heterocycles. The van der Waals surface area contributed by atoms with E-state index in [1.807, 2.05) is 61.5 Å². The summed E-state index contributed by atoms with van der Waals surface area (Å²) in [6, 6.07) is 21.6. The Morgan fingerprint density at radius 3 is 2.50 bits per heavy atom. The lowest BCUT2D eigenvalue weighted by Gasteiger charge is -2.22. The van der Waals surface area contributed by atoms with E-state index >= 15 is 0 Å². The van der Waals surface area contributed by atoms with Crippen molar-refractivity contribution in [1.29, 1.82) is 0 Å². The number of aliphatic imine (C=N–C) groups is 1. The standard InChI is InChI=1S/C32H33ClN4O/c1-5-22(4)30(35-20-23-12-9-8-10-13-23)36-31-24(6-2)18-28(32(38)37(31)7-3)27-16-15-25(19-29(27)33)26-14-11-17-34-21-26/h6,8-19,21-22H,2,5,7,20H2,1,3-4H3,(H,35,36). The van der Waals surface area contributed by atoms with Crippen molar-refractivity contribution in [3.63, 3.8) is 0 Å². The van der Waals surface area contributed by atoms with Crippen molar-refractivity contribution < 1.29 is 0 Å². The number of halogens is 1. The van der Waals surface area contributed by atoms with Gasteiger partial charge in [-0.25, -0.2) is 0 Å². The molecule has 0 saturated carbocycles. The summed E-state index contributed by atoms with van der Waals surface area (Å²) in [6.07, 6.45) is 6.20. The highest BCUT2D eigenvalue weighted by Gasteiger charge is 2.19. The van der Waals surface area contributed by atoms with Crippen LogP contribution in [0.3, 0.4) is 0 Å². The predicted molar refractivity (Wildman–Crippen MR) is 161 cm³/mol. The van der Waals surface area contributed by atoms with Crippen LogP contribution in [0.15, 0.2) is 95.5 Å². The molecule has 194 valence electrons. The molecule has 5 nitrogen and oxygen atoms in total. The van der Waals surface area contributed by atoms with Crippen LogP contribution in [0.1, 0.15) is 38.3 Å². The minimum Gasteiger partial charge on any atom is -0.329 e. The second kappa shape index (κ2) is 12.5. The van der Waals surface area contributed by atoms with E-state index in [2.05, 4.69) is 42.9 Å². The lowest BCUT2D eigenvalue weighted by atomic mass is 10.00. The minimum atomic E-state index is -0.122. The summed E-state index contributed by atoms with van der Waals surface area (Å²) in [7, 11) is 0. The van der Waals surface area contributed by atoms with E-state index in [0.717, 1.165) is 34.5 Å². The third kappa shape index (κ3) is 5.95. The lowest BCUT2D eigenvalue weighted by molar-refractivity contribution is 0.717. The molecule has 1 N–H and O–H groups in total. The van der Waals surface area contributed by atoms with Crippen LogP contribution in [-0.4, -0.2) is 15.4 Å². The van der Waals surface area contributed by atoms with Crippen LogP contribution >= 0.6 is 11.6 Å². The van der Waals surface area contributed by atoms with Crippen molar-refractivity contribution in [1.82, 2.24) is 9.55 Å². The van der Waals surface area contributed by atoms with Crippen LogP contribution in [0.2, 0.25) is 5.02 Å². The summed E-state index contributed by atoms with van der Waals surface area (Å²) in [5.74, 6) is 1.71. The molecule has 0 fully saturated rings. The van der Waals surface area contributed by atoms with Crippen molar-refractivity contribution in [2.24, 2.45) is 10.9 Å². The molecule has 0 bridgehead atoms. The molecule has 0 radical (unpaired) electrons. The van der Waals surface area contributed by atoms with E-state index in [0.29, 0.717) is 35.1 Å². The average molecular weight is 525 g/mol. The maximum absolute atomic E-state index is 13.8. The number of rotatable bonds is 9. The molecule has 0 amide bonds. The van der Waals surface area contributed by atoms with Gasteiger partial charge in [0.05, 0.1) is 6.54 Å². The fourth-order valence-electron chi connectivity index (χ4n) is 4.32. The first-order valence-corrected chi connectivity index (χ1v) is 13.3. The molecule has 0 aliphatic carbocycles. The maximum atomic E-state index is 13.8. The number of hydrogen-bond acceptors (Lipinski definition) is 3. The van der Waals surface area contributed by atoms with Crippen LogP contribution in [0, 0.1) is 5.92 Å². The van der Waals surface area contributed by atoms with E-state index < -0.39 is 0 Å². The Labute approximate surface area is 229 Å². The summed E-state index contributed by atoms with van der Waals surface area (Å²) in [6.45, 7) is 11.3. The lowest BCUT2D eigenvalue weighted by Crippen LogP contribution is -2.29. The molecule has 2 aromatic heterocycles. The Morgan fingerprint density at radius 2 is 1.87 bits per heavy atom. The number of aromatic nitrogens is 2. The van der Waals surface area contributed by atoms with Gasteiger partial charge in [-0.2, -0.15) is 0 Å². The van der Waals surface area contributed by atoms with Crippen LogP contribution < -0.4 is 10.9 Å². The van der Waals surface area contributed by atoms with Gasteiger partial charge in [0.2, 0.25) is 0 Å². The van der Waals surface area contributed by atoms with Gasteiger partial charge < -0.3 is 5.32 Å². The number of benzene rings is 2. The SMILES string of the molecule is C=Cc1cc(-c2ccc(-c3cccnc3)cc2Cl)c(=O)n(CC)c1NC(=NCc1ccccc1)C(C)CC. The zero-order chi connectivity index (χ0) is 27.1. The van der Waals surface area contributed by atoms with Gasteiger partial charge in [-0.3, -0.25) is 19.3 Å². The summed E-state index contributed by atoms with van der Waals surface area (Å²) >= 11 is 6.73. The molecule has 1 unspecified atom stereocenters. The van der Waals surface area contributed by atoms with Crippen molar-refractivity contribution >= 4 is 29.3 Å². The summed E-state index contributed by atoms with van der Waals surface area (Å²) in [5, 5.41) is 4.01.